The number of amides is 2. The van der Waals surface area contributed by atoms with Gasteiger partial charge in [0.1, 0.15) is 5.82 Å². The first kappa shape index (κ1) is 18.7. The zero-order valence-electron chi connectivity index (χ0n) is 16.1. The Morgan fingerprint density at radius 3 is 2.32 bits per heavy atom. The number of rotatable bonds is 2. The van der Waals surface area contributed by atoms with E-state index >= 15 is 0 Å². The van der Waals surface area contributed by atoms with Crippen LogP contribution in [0, 0.1) is 11.2 Å². The molecule has 2 aliphatic rings. The number of hydrogen-bond donors (Lipinski definition) is 0. The van der Waals surface area contributed by atoms with Crippen molar-refractivity contribution in [2.45, 2.75) is 25.2 Å². The Bertz CT molecular complexity index is 858. The van der Waals surface area contributed by atoms with Crippen molar-refractivity contribution < 1.29 is 14.0 Å². The van der Waals surface area contributed by atoms with Crippen molar-refractivity contribution in [3.63, 3.8) is 0 Å². The molecule has 2 heterocycles. The number of piperidine rings is 2. The van der Waals surface area contributed by atoms with Gasteiger partial charge in [-0.05, 0) is 54.5 Å². The predicted octanol–water partition coefficient (Wildman–Crippen LogP) is 3.69. The molecule has 1 atom stereocenters. The van der Waals surface area contributed by atoms with Gasteiger partial charge in [-0.2, -0.15) is 0 Å². The van der Waals surface area contributed by atoms with Crippen LogP contribution in [0.5, 0.6) is 0 Å². The van der Waals surface area contributed by atoms with Crippen molar-refractivity contribution in [3.05, 3.63) is 71.5 Å². The van der Waals surface area contributed by atoms with Crippen LogP contribution < -0.4 is 0 Å². The minimum atomic E-state index is -0.337. The van der Waals surface area contributed by atoms with E-state index in [0.29, 0.717) is 18.7 Å². The van der Waals surface area contributed by atoms with Gasteiger partial charge in [0.25, 0.3) is 5.91 Å². The van der Waals surface area contributed by atoms with Gasteiger partial charge in [-0.25, -0.2) is 4.39 Å². The first-order valence-corrected chi connectivity index (χ1v) is 9.82. The van der Waals surface area contributed by atoms with Crippen LogP contribution in [0.3, 0.4) is 0 Å². The van der Waals surface area contributed by atoms with Gasteiger partial charge in [-0.15, -0.1) is 0 Å². The summed E-state index contributed by atoms with van der Waals surface area (Å²) in [4.78, 5) is 29.2. The average molecular weight is 380 g/mol. The number of carbonyl (C=O) groups is 2. The summed E-state index contributed by atoms with van der Waals surface area (Å²) in [6.45, 7) is 2.08. The molecular weight excluding hydrogens is 355 g/mol. The fourth-order valence-corrected chi connectivity index (χ4v) is 4.70. The Morgan fingerprint density at radius 2 is 1.68 bits per heavy atom. The third kappa shape index (κ3) is 3.53. The third-order valence-corrected chi connectivity index (χ3v) is 6.29. The summed E-state index contributed by atoms with van der Waals surface area (Å²) in [5, 5.41) is 0. The number of benzene rings is 2. The molecule has 0 bridgehead atoms. The highest BCUT2D eigenvalue weighted by Gasteiger charge is 2.45. The van der Waals surface area contributed by atoms with Gasteiger partial charge in [0.05, 0.1) is 5.92 Å². The van der Waals surface area contributed by atoms with Crippen molar-refractivity contribution in [1.29, 1.82) is 0 Å². The fraction of sp³-hybridized carbons (Fsp3) is 0.391. The highest BCUT2D eigenvalue weighted by atomic mass is 19.1. The summed E-state index contributed by atoms with van der Waals surface area (Å²) < 4.78 is 13.1. The lowest BCUT2D eigenvalue weighted by Crippen LogP contribution is -2.53. The number of likely N-dealkylation sites (N-methyl/N-ethyl adjacent to an activating group) is 1. The predicted molar refractivity (Wildman–Crippen MR) is 105 cm³/mol. The molecule has 0 saturated carbocycles. The van der Waals surface area contributed by atoms with Crippen LogP contribution in [0.1, 0.15) is 41.1 Å². The quantitative estimate of drug-likeness (QED) is 0.797. The van der Waals surface area contributed by atoms with E-state index in [1.807, 2.05) is 47.2 Å². The van der Waals surface area contributed by atoms with Crippen molar-refractivity contribution in [2.24, 2.45) is 5.41 Å². The molecule has 2 saturated heterocycles. The molecule has 2 amide bonds. The van der Waals surface area contributed by atoms with E-state index in [2.05, 4.69) is 0 Å². The summed E-state index contributed by atoms with van der Waals surface area (Å²) >= 11 is 0. The molecule has 0 aliphatic carbocycles. The number of likely N-dealkylation sites (tertiary alicyclic amines) is 2. The van der Waals surface area contributed by atoms with Gasteiger partial charge in [-0.3, -0.25) is 9.59 Å². The second-order valence-corrected chi connectivity index (χ2v) is 8.16. The molecule has 0 aromatic heterocycles. The number of halogens is 1. The topological polar surface area (TPSA) is 40.6 Å². The molecule has 28 heavy (non-hydrogen) atoms. The molecule has 0 N–H and O–H groups in total. The summed E-state index contributed by atoms with van der Waals surface area (Å²) in [6.07, 6.45) is 2.58. The highest BCUT2D eigenvalue weighted by molar-refractivity contribution is 5.94. The Morgan fingerprint density at radius 1 is 1.04 bits per heavy atom. The summed E-state index contributed by atoms with van der Waals surface area (Å²) in [5.74, 6) is -0.313. The van der Waals surface area contributed by atoms with Gasteiger partial charge < -0.3 is 9.80 Å². The molecule has 146 valence electrons. The maximum atomic E-state index is 13.1. The molecule has 4 rings (SSSR count). The monoisotopic (exact) mass is 380 g/mol. The average Bonchev–Trinajstić information content (AvgIpc) is 2.72. The van der Waals surface area contributed by atoms with Crippen LogP contribution in [0.25, 0.3) is 0 Å². The number of carbonyl (C=O) groups excluding carboxylic acids is 2. The lowest BCUT2D eigenvalue weighted by molar-refractivity contribution is -0.139. The second-order valence-electron chi connectivity index (χ2n) is 8.16. The van der Waals surface area contributed by atoms with E-state index in [9.17, 15) is 14.0 Å². The first-order valence-electron chi connectivity index (χ1n) is 9.82. The SMILES string of the molecule is CN1CC2(CCN(C(=O)c3ccc(F)cc3)CC2)C[C@@H](c2ccccc2)C1=O. The van der Waals surface area contributed by atoms with Crippen LogP contribution in [-0.2, 0) is 4.79 Å². The highest BCUT2D eigenvalue weighted by Crippen LogP contribution is 2.45. The van der Waals surface area contributed by atoms with Crippen LogP contribution >= 0.6 is 0 Å². The smallest absolute Gasteiger partial charge is 0.253 e. The number of nitrogens with zero attached hydrogens (tertiary/aromatic N) is 2. The normalized spacial score (nSPS) is 21.8. The van der Waals surface area contributed by atoms with Crippen molar-refractivity contribution in [1.82, 2.24) is 9.80 Å². The lowest BCUT2D eigenvalue weighted by atomic mass is 9.67. The fourth-order valence-electron chi connectivity index (χ4n) is 4.70. The van der Waals surface area contributed by atoms with Gasteiger partial charge in [0, 0.05) is 32.2 Å². The zero-order chi connectivity index (χ0) is 19.7. The zero-order valence-corrected chi connectivity index (χ0v) is 16.1. The summed E-state index contributed by atoms with van der Waals surface area (Å²) in [7, 11) is 1.88. The van der Waals surface area contributed by atoms with Gasteiger partial charge in [0.2, 0.25) is 5.91 Å². The van der Waals surface area contributed by atoms with Crippen molar-refractivity contribution in [3.8, 4) is 0 Å². The van der Waals surface area contributed by atoms with Gasteiger partial charge >= 0.3 is 0 Å². The van der Waals surface area contributed by atoms with E-state index in [0.717, 1.165) is 31.4 Å². The summed E-state index contributed by atoms with van der Waals surface area (Å²) in [5.41, 5.74) is 1.64. The first-order chi connectivity index (χ1) is 13.5. The largest absolute Gasteiger partial charge is 0.345 e. The standard InChI is InChI=1S/C23H25FN2O2/c1-25-16-23(15-20(22(25)28)17-5-3-2-4-6-17)11-13-26(14-12-23)21(27)18-7-9-19(24)10-8-18/h2-10,20H,11-16H2,1H3/t20-/m0/s1. The molecule has 4 nitrogen and oxygen atoms in total. The molecule has 0 unspecified atom stereocenters. The maximum absolute atomic E-state index is 13.1. The maximum Gasteiger partial charge on any atom is 0.253 e. The van der Waals surface area contributed by atoms with Crippen molar-refractivity contribution in [2.75, 3.05) is 26.7 Å². The Kier molecular flexibility index (Phi) is 4.92. The van der Waals surface area contributed by atoms with E-state index in [4.69, 9.17) is 0 Å². The Labute approximate surface area is 164 Å². The van der Waals surface area contributed by atoms with E-state index < -0.39 is 0 Å². The molecule has 2 fully saturated rings. The number of hydrogen-bond acceptors (Lipinski definition) is 2. The van der Waals surface area contributed by atoms with Gasteiger partial charge in [-0.1, -0.05) is 30.3 Å². The molecule has 2 aliphatic heterocycles. The van der Waals surface area contributed by atoms with E-state index in [1.165, 1.54) is 12.1 Å². The minimum absolute atomic E-state index is 0.0444. The summed E-state index contributed by atoms with van der Waals surface area (Å²) in [6, 6.07) is 15.7. The molecular formula is C23H25FN2O2. The van der Waals surface area contributed by atoms with E-state index in [-0.39, 0.29) is 29.0 Å². The second kappa shape index (κ2) is 7.38. The van der Waals surface area contributed by atoms with Crippen LogP contribution in [0.2, 0.25) is 0 Å². The molecule has 5 heteroatoms. The van der Waals surface area contributed by atoms with E-state index in [1.54, 1.807) is 12.1 Å². The minimum Gasteiger partial charge on any atom is -0.345 e. The Balaban J connectivity index is 1.47. The third-order valence-electron chi connectivity index (χ3n) is 6.29. The van der Waals surface area contributed by atoms with Gasteiger partial charge in [0.15, 0.2) is 0 Å². The molecule has 2 aromatic rings. The Hall–Kier alpha value is -2.69. The van der Waals surface area contributed by atoms with Crippen LogP contribution in [-0.4, -0.2) is 48.3 Å². The molecule has 1 spiro atoms. The van der Waals surface area contributed by atoms with Crippen LogP contribution in [0.4, 0.5) is 4.39 Å². The molecule has 0 radical (unpaired) electrons. The van der Waals surface area contributed by atoms with Crippen LogP contribution in [0.15, 0.2) is 54.6 Å². The van der Waals surface area contributed by atoms with Crippen molar-refractivity contribution >= 4 is 11.8 Å². The molecule has 2 aromatic carbocycles. The lowest BCUT2D eigenvalue weighted by Gasteiger charge is -2.49.